The van der Waals surface area contributed by atoms with Crippen LogP contribution in [0.5, 0.6) is 0 Å². The Morgan fingerprint density at radius 1 is 1.33 bits per heavy atom. The first-order valence-corrected chi connectivity index (χ1v) is 7.82. The molecule has 2 heterocycles. The first-order chi connectivity index (χ1) is 10.3. The lowest BCUT2D eigenvalue weighted by Gasteiger charge is -2.45. The van der Waals surface area contributed by atoms with Gasteiger partial charge in [-0.2, -0.15) is 0 Å². The number of likely N-dealkylation sites (tertiary alicyclic amines) is 1. The molecule has 3 rings (SSSR count). The minimum atomic E-state index is -0.0496. The summed E-state index contributed by atoms with van der Waals surface area (Å²) in [6.45, 7) is 4.84. The SMILES string of the molecule is COC(=O)C1CN(Cc2ccccc2)CC2CCNCC21. The number of esters is 1. The van der Waals surface area contributed by atoms with Crippen molar-refractivity contribution in [3.63, 3.8) is 0 Å². The van der Waals surface area contributed by atoms with Gasteiger partial charge >= 0.3 is 5.97 Å². The summed E-state index contributed by atoms with van der Waals surface area (Å²) in [6.07, 6.45) is 1.16. The quantitative estimate of drug-likeness (QED) is 0.856. The topological polar surface area (TPSA) is 41.6 Å². The second-order valence-electron chi connectivity index (χ2n) is 6.23. The molecule has 3 unspecified atom stereocenters. The van der Waals surface area contributed by atoms with Gasteiger partial charge in [0, 0.05) is 19.6 Å². The fourth-order valence-corrected chi connectivity index (χ4v) is 3.83. The van der Waals surface area contributed by atoms with E-state index in [0.717, 1.165) is 39.1 Å². The van der Waals surface area contributed by atoms with Crippen molar-refractivity contribution in [3.05, 3.63) is 35.9 Å². The Labute approximate surface area is 126 Å². The van der Waals surface area contributed by atoms with E-state index in [0.29, 0.717) is 11.8 Å². The van der Waals surface area contributed by atoms with E-state index in [2.05, 4.69) is 34.5 Å². The number of nitrogens with zero attached hydrogens (tertiary/aromatic N) is 1. The van der Waals surface area contributed by atoms with Crippen LogP contribution in [0.4, 0.5) is 0 Å². The number of benzene rings is 1. The number of nitrogens with one attached hydrogen (secondary N) is 1. The summed E-state index contributed by atoms with van der Waals surface area (Å²) in [5.41, 5.74) is 1.31. The van der Waals surface area contributed by atoms with Crippen molar-refractivity contribution in [1.29, 1.82) is 0 Å². The molecule has 3 atom stereocenters. The summed E-state index contributed by atoms with van der Waals surface area (Å²) in [6, 6.07) is 10.5. The summed E-state index contributed by atoms with van der Waals surface area (Å²) < 4.78 is 5.04. The van der Waals surface area contributed by atoms with Crippen LogP contribution in [0.3, 0.4) is 0 Å². The molecule has 1 aromatic rings. The lowest BCUT2D eigenvalue weighted by molar-refractivity contribution is -0.152. The molecule has 2 saturated heterocycles. The molecule has 0 saturated carbocycles. The Balaban J connectivity index is 1.73. The maximum Gasteiger partial charge on any atom is 0.310 e. The molecule has 0 aliphatic carbocycles. The third-order valence-corrected chi connectivity index (χ3v) is 4.89. The van der Waals surface area contributed by atoms with Gasteiger partial charge in [0.2, 0.25) is 0 Å². The largest absolute Gasteiger partial charge is 0.469 e. The zero-order chi connectivity index (χ0) is 14.7. The second-order valence-corrected chi connectivity index (χ2v) is 6.23. The van der Waals surface area contributed by atoms with Crippen LogP contribution in [0.15, 0.2) is 30.3 Å². The summed E-state index contributed by atoms with van der Waals surface area (Å²) in [5, 5.41) is 3.43. The number of piperidine rings is 2. The van der Waals surface area contributed by atoms with Gasteiger partial charge in [-0.05, 0) is 36.9 Å². The van der Waals surface area contributed by atoms with Crippen LogP contribution in [0.25, 0.3) is 0 Å². The molecular weight excluding hydrogens is 264 g/mol. The van der Waals surface area contributed by atoms with Crippen molar-refractivity contribution in [3.8, 4) is 0 Å². The Morgan fingerprint density at radius 3 is 2.90 bits per heavy atom. The maximum absolute atomic E-state index is 12.1. The third-order valence-electron chi connectivity index (χ3n) is 4.89. The number of methoxy groups -OCH3 is 1. The van der Waals surface area contributed by atoms with Gasteiger partial charge in [-0.1, -0.05) is 30.3 Å². The highest BCUT2D eigenvalue weighted by Gasteiger charge is 2.42. The summed E-state index contributed by atoms with van der Waals surface area (Å²) in [5.74, 6) is 0.989. The fourth-order valence-electron chi connectivity index (χ4n) is 3.83. The molecule has 1 N–H and O–H groups in total. The number of ether oxygens (including phenoxy) is 1. The van der Waals surface area contributed by atoms with Gasteiger partial charge in [0.15, 0.2) is 0 Å². The van der Waals surface area contributed by atoms with Crippen LogP contribution in [-0.2, 0) is 16.1 Å². The Hall–Kier alpha value is -1.39. The summed E-state index contributed by atoms with van der Waals surface area (Å²) >= 11 is 0. The number of rotatable bonds is 3. The Morgan fingerprint density at radius 2 is 2.14 bits per heavy atom. The molecule has 0 aromatic heterocycles. The number of fused-ring (bicyclic) bond motifs is 1. The van der Waals surface area contributed by atoms with E-state index in [-0.39, 0.29) is 11.9 Å². The van der Waals surface area contributed by atoms with Gasteiger partial charge in [0.1, 0.15) is 0 Å². The lowest BCUT2D eigenvalue weighted by Crippen LogP contribution is -2.54. The minimum absolute atomic E-state index is 0.00487. The van der Waals surface area contributed by atoms with Crippen LogP contribution in [0, 0.1) is 17.8 Å². The van der Waals surface area contributed by atoms with Gasteiger partial charge in [-0.15, -0.1) is 0 Å². The van der Waals surface area contributed by atoms with Crippen molar-refractivity contribution >= 4 is 5.97 Å². The standard InChI is InChI=1S/C17H24N2O2/c1-21-17(20)16-12-19(10-13-5-3-2-4-6-13)11-14-7-8-18-9-15(14)16/h2-6,14-16,18H,7-12H2,1H3. The highest BCUT2D eigenvalue weighted by Crippen LogP contribution is 2.33. The molecule has 2 aliphatic heterocycles. The molecule has 0 amide bonds. The summed E-state index contributed by atoms with van der Waals surface area (Å²) in [7, 11) is 1.50. The van der Waals surface area contributed by atoms with E-state index in [1.165, 1.54) is 12.7 Å². The molecule has 4 heteroatoms. The minimum Gasteiger partial charge on any atom is -0.469 e. The Kier molecular flexibility index (Phi) is 4.56. The van der Waals surface area contributed by atoms with Crippen LogP contribution < -0.4 is 5.32 Å². The average Bonchev–Trinajstić information content (AvgIpc) is 2.54. The number of hydrogen-bond donors (Lipinski definition) is 1. The zero-order valence-corrected chi connectivity index (χ0v) is 12.6. The maximum atomic E-state index is 12.1. The fraction of sp³-hybridized carbons (Fsp3) is 0.588. The first-order valence-electron chi connectivity index (χ1n) is 7.82. The van der Waals surface area contributed by atoms with Crippen LogP contribution >= 0.6 is 0 Å². The molecule has 0 spiro atoms. The van der Waals surface area contributed by atoms with Gasteiger partial charge in [0.25, 0.3) is 0 Å². The molecule has 1 aromatic carbocycles. The zero-order valence-electron chi connectivity index (χ0n) is 12.6. The predicted octanol–water partition coefficient (Wildman–Crippen LogP) is 1.52. The van der Waals surface area contributed by atoms with E-state index in [4.69, 9.17) is 4.74 Å². The van der Waals surface area contributed by atoms with Crippen molar-refractivity contribution in [2.45, 2.75) is 13.0 Å². The van der Waals surface area contributed by atoms with E-state index >= 15 is 0 Å². The monoisotopic (exact) mass is 288 g/mol. The number of carbonyl (C=O) groups excluding carboxylic acids is 1. The number of carbonyl (C=O) groups is 1. The van der Waals surface area contributed by atoms with Gasteiger partial charge in [-0.25, -0.2) is 0 Å². The molecule has 0 bridgehead atoms. The van der Waals surface area contributed by atoms with Crippen molar-refractivity contribution in [2.24, 2.45) is 17.8 Å². The lowest BCUT2D eigenvalue weighted by atomic mass is 9.74. The van der Waals surface area contributed by atoms with Crippen LogP contribution in [-0.4, -0.2) is 44.2 Å². The van der Waals surface area contributed by atoms with Crippen LogP contribution in [0.2, 0.25) is 0 Å². The third kappa shape index (κ3) is 3.27. The van der Waals surface area contributed by atoms with Gasteiger partial charge in [0.05, 0.1) is 13.0 Å². The molecule has 2 fully saturated rings. The highest BCUT2D eigenvalue weighted by molar-refractivity contribution is 5.73. The van der Waals surface area contributed by atoms with E-state index in [1.807, 2.05) is 6.07 Å². The smallest absolute Gasteiger partial charge is 0.310 e. The van der Waals surface area contributed by atoms with E-state index in [1.54, 1.807) is 0 Å². The van der Waals surface area contributed by atoms with Gasteiger partial charge < -0.3 is 10.1 Å². The average molecular weight is 288 g/mol. The summed E-state index contributed by atoms with van der Waals surface area (Å²) in [4.78, 5) is 14.6. The predicted molar refractivity (Wildman–Crippen MR) is 81.7 cm³/mol. The molecular formula is C17H24N2O2. The van der Waals surface area contributed by atoms with Crippen molar-refractivity contribution in [1.82, 2.24) is 10.2 Å². The van der Waals surface area contributed by atoms with E-state index < -0.39 is 0 Å². The van der Waals surface area contributed by atoms with Crippen molar-refractivity contribution < 1.29 is 9.53 Å². The molecule has 21 heavy (non-hydrogen) atoms. The molecule has 4 nitrogen and oxygen atoms in total. The first kappa shape index (κ1) is 14.5. The van der Waals surface area contributed by atoms with Crippen LogP contribution in [0.1, 0.15) is 12.0 Å². The van der Waals surface area contributed by atoms with E-state index in [9.17, 15) is 4.79 Å². The van der Waals surface area contributed by atoms with Crippen molar-refractivity contribution in [2.75, 3.05) is 33.3 Å². The molecule has 0 radical (unpaired) electrons. The Bertz CT molecular complexity index is 477. The molecule has 2 aliphatic rings. The number of hydrogen-bond acceptors (Lipinski definition) is 4. The second kappa shape index (κ2) is 6.58. The normalized spacial score (nSPS) is 29.7. The van der Waals surface area contributed by atoms with Gasteiger partial charge in [-0.3, -0.25) is 9.69 Å². The molecule has 114 valence electrons. The highest BCUT2D eigenvalue weighted by atomic mass is 16.5.